The van der Waals surface area contributed by atoms with Gasteiger partial charge in [-0.15, -0.1) is 12.4 Å². The molecule has 0 aromatic rings. The third-order valence-electron chi connectivity index (χ3n) is 2.89. The molecular formula is C10H23ClN2O3S. The average molecular weight is 287 g/mol. The molecule has 2 unspecified atom stereocenters. The van der Waals surface area contributed by atoms with Gasteiger partial charge in [-0.05, 0) is 38.8 Å². The first-order valence-corrected chi connectivity index (χ1v) is 7.39. The van der Waals surface area contributed by atoms with Gasteiger partial charge in [-0.2, -0.15) is 0 Å². The summed E-state index contributed by atoms with van der Waals surface area (Å²) in [6.45, 7) is 4.35. The highest BCUT2D eigenvalue weighted by Gasteiger charge is 2.17. The third-order valence-corrected chi connectivity index (χ3v) is 4.45. The molecule has 1 aliphatic rings. The molecule has 0 aromatic carbocycles. The second-order valence-corrected chi connectivity index (χ2v) is 6.22. The fourth-order valence-electron chi connectivity index (χ4n) is 1.82. The lowest BCUT2D eigenvalue weighted by Crippen LogP contribution is -2.33. The molecule has 0 amide bonds. The van der Waals surface area contributed by atoms with Crippen molar-refractivity contribution < 1.29 is 13.2 Å². The minimum absolute atomic E-state index is 0. The molecule has 0 aliphatic carbocycles. The van der Waals surface area contributed by atoms with E-state index in [1.54, 1.807) is 6.92 Å². The predicted molar refractivity (Wildman–Crippen MR) is 71.1 cm³/mol. The van der Waals surface area contributed by atoms with E-state index in [0.717, 1.165) is 25.9 Å². The number of rotatable bonds is 7. The fraction of sp³-hybridized carbons (Fsp3) is 1.00. The highest BCUT2D eigenvalue weighted by molar-refractivity contribution is 7.89. The normalized spacial score (nSPS) is 22.1. The van der Waals surface area contributed by atoms with Crippen LogP contribution in [-0.2, 0) is 14.8 Å². The monoisotopic (exact) mass is 286 g/mol. The maximum absolute atomic E-state index is 11.6. The van der Waals surface area contributed by atoms with Crippen LogP contribution < -0.4 is 10.0 Å². The SMILES string of the molecule is COC(C)CS(=O)(=O)NCCC1CCNC1.Cl. The Labute approximate surface area is 110 Å². The molecule has 104 valence electrons. The van der Waals surface area contributed by atoms with Crippen LogP contribution in [0.15, 0.2) is 0 Å². The molecule has 5 nitrogen and oxygen atoms in total. The van der Waals surface area contributed by atoms with Gasteiger partial charge < -0.3 is 10.1 Å². The summed E-state index contributed by atoms with van der Waals surface area (Å²) in [6.07, 6.45) is 1.80. The van der Waals surface area contributed by atoms with Crippen molar-refractivity contribution in [2.75, 3.05) is 32.5 Å². The van der Waals surface area contributed by atoms with Crippen LogP contribution in [0.5, 0.6) is 0 Å². The molecule has 1 heterocycles. The van der Waals surface area contributed by atoms with Gasteiger partial charge in [-0.3, -0.25) is 0 Å². The van der Waals surface area contributed by atoms with E-state index in [0.29, 0.717) is 12.5 Å². The Kier molecular flexibility index (Phi) is 8.32. The Morgan fingerprint density at radius 3 is 2.76 bits per heavy atom. The van der Waals surface area contributed by atoms with Crippen LogP contribution in [0.1, 0.15) is 19.8 Å². The highest BCUT2D eigenvalue weighted by atomic mass is 35.5. The van der Waals surface area contributed by atoms with Crippen molar-refractivity contribution in [1.82, 2.24) is 10.0 Å². The summed E-state index contributed by atoms with van der Waals surface area (Å²) < 4.78 is 30.7. The van der Waals surface area contributed by atoms with Crippen LogP contribution in [-0.4, -0.2) is 47.0 Å². The molecule has 1 fully saturated rings. The fourth-order valence-corrected chi connectivity index (χ4v) is 3.12. The van der Waals surface area contributed by atoms with Crippen LogP contribution in [0, 0.1) is 5.92 Å². The first-order valence-electron chi connectivity index (χ1n) is 5.74. The number of sulfonamides is 1. The molecular weight excluding hydrogens is 264 g/mol. The van der Waals surface area contributed by atoms with Crippen LogP contribution in [0.25, 0.3) is 0 Å². The van der Waals surface area contributed by atoms with Gasteiger partial charge in [-0.1, -0.05) is 0 Å². The van der Waals surface area contributed by atoms with E-state index in [1.807, 2.05) is 0 Å². The Morgan fingerprint density at radius 2 is 2.24 bits per heavy atom. The zero-order chi connectivity index (χ0) is 12.0. The summed E-state index contributed by atoms with van der Waals surface area (Å²) in [5.74, 6) is 0.648. The number of halogens is 1. The summed E-state index contributed by atoms with van der Waals surface area (Å²) in [5, 5.41) is 3.26. The van der Waals surface area contributed by atoms with Gasteiger partial charge in [-0.25, -0.2) is 13.1 Å². The average Bonchev–Trinajstić information content (AvgIpc) is 2.69. The molecule has 0 radical (unpaired) electrons. The van der Waals surface area contributed by atoms with Crippen molar-refractivity contribution in [3.8, 4) is 0 Å². The van der Waals surface area contributed by atoms with E-state index in [2.05, 4.69) is 10.0 Å². The standard InChI is InChI=1S/C10H22N2O3S.ClH/c1-9(15-2)8-16(13,14)12-6-4-10-3-5-11-7-10;/h9-12H,3-8H2,1-2H3;1H. The maximum Gasteiger partial charge on any atom is 0.214 e. The van der Waals surface area contributed by atoms with Crippen molar-refractivity contribution in [3.05, 3.63) is 0 Å². The van der Waals surface area contributed by atoms with Gasteiger partial charge in [0.2, 0.25) is 10.0 Å². The topological polar surface area (TPSA) is 67.4 Å². The van der Waals surface area contributed by atoms with E-state index in [-0.39, 0.29) is 24.3 Å². The van der Waals surface area contributed by atoms with E-state index < -0.39 is 10.0 Å². The molecule has 7 heteroatoms. The van der Waals surface area contributed by atoms with Gasteiger partial charge in [0, 0.05) is 13.7 Å². The number of ether oxygens (including phenoxy) is 1. The molecule has 0 spiro atoms. The van der Waals surface area contributed by atoms with Crippen molar-refractivity contribution in [2.45, 2.75) is 25.9 Å². The predicted octanol–water partition coefficient (Wildman–Crippen LogP) is 0.362. The van der Waals surface area contributed by atoms with E-state index in [4.69, 9.17) is 4.74 Å². The molecule has 0 saturated carbocycles. The molecule has 2 atom stereocenters. The number of methoxy groups -OCH3 is 1. The number of hydrogen-bond acceptors (Lipinski definition) is 4. The highest BCUT2D eigenvalue weighted by Crippen LogP contribution is 2.11. The Bertz CT molecular complexity index is 292. The number of nitrogens with one attached hydrogen (secondary N) is 2. The smallest absolute Gasteiger partial charge is 0.214 e. The molecule has 1 rings (SSSR count). The lowest BCUT2D eigenvalue weighted by atomic mass is 10.1. The van der Waals surface area contributed by atoms with Gasteiger partial charge in [0.1, 0.15) is 0 Å². The second kappa shape index (κ2) is 8.26. The van der Waals surface area contributed by atoms with E-state index >= 15 is 0 Å². The Morgan fingerprint density at radius 1 is 1.53 bits per heavy atom. The molecule has 1 aliphatic heterocycles. The van der Waals surface area contributed by atoms with Crippen LogP contribution in [0.4, 0.5) is 0 Å². The van der Waals surface area contributed by atoms with Gasteiger partial charge in [0.05, 0.1) is 11.9 Å². The minimum Gasteiger partial charge on any atom is -0.381 e. The molecule has 17 heavy (non-hydrogen) atoms. The summed E-state index contributed by atoms with van der Waals surface area (Å²) >= 11 is 0. The molecule has 0 bridgehead atoms. The molecule has 1 saturated heterocycles. The zero-order valence-corrected chi connectivity index (χ0v) is 12.1. The molecule has 0 aromatic heterocycles. The Balaban J connectivity index is 0.00000256. The molecule has 2 N–H and O–H groups in total. The maximum atomic E-state index is 11.6. The third kappa shape index (κ3) is 7.21. The van der Waals surface area contributed by atoms with E-state index in [9.17, 15) is 8.42 Å². The summed E-state index contributed by atoms with van der Waals surface area (Å²) in [5.41, 5.74) is 0. The first-order chi connectivity index (χ1) is 7.53. The lowest BCUT2D eigenvalue weighted by Gasteiger charge is -2.12. The van der Waals surface area contributed by atoms with Crippen molar-refractivity contribution in [2.24, 2.45) is 5.92 Å². The van der Waals surface area contributed by atoms with Crippen molar-refractivity contribution in [3.63, 3.8) is 0 Å². The minimum atomic E-state index is -3.18. The van der Waals surface area contributed by atoms with Crippen LogP contribution in [0.3, 0.4) is 0 Å². The second-order valence-electron chi connectivity index (χ2n) is 4.37. The van der Waals surface area contributed by atoms with Crippen LogP contribution >= 0.6 is 12.4 Å². The first kappa shape index (κ1) is 17.1. The van der Waals surface area contributed by atoms with Gasteiger partial charge in [0.25, 0.3) is 0 Å². The quantitative estimate of drug-likeness (QED) is 0.709. The van der Waals surface area contributed by atoms with Crippen molar-refractivity contribution >= 4 is 22.4 Å². The largest absolute Gasteiger partial charge is 0.381 e. The van der Waals surface area contributed by atoms with Crippen LogP contribution in [0.2, 0.25) is 0 Å². The zero-order valence-electron chi connectivity index (χ0n) is 10.4. The Hall–Kier alpha value is 0.120. The van der Waals surface area contributed by atoms with Gasteiger partial charge in [0.15, 0.2) is 0 Å². The lowest BCUT2D eigenvalue weighted by molar-refractivity contribution is 0.136. The summed E-state index contributed by atoms with van der Waals surface area (Å²) in [6, 6.07) is 0. The summed E-state index contributed by atoms with van der Waals surface area (Å²) in [4.78, 5) is 0. The van der Waals surface area contributed by atoms with Gasteiger partial charge >= 0.3 is 0 Å². The summed E-state index contributed by atoms with van der Waals surface area (Å²) in [7, 11) is -1.66. The van der Waals surface area contributed by atoms with Crippen molar-refractivity contribution in [1.29, 1.82) is 0 Å². The van der Waals surface area contributed by atoms with E-state index in [1.165, 1.54) is 7.11 Å². The number of hydrogen-bond donors (Lipinski definition) is 2.